The molecule has 0 aromatic heterocycles. The molecule has 0 aromatic rings. The van der Waals surface area contributed by atoms with Crippen LogP contribution in [-0.2, 0) is 0 Å². The molecule has 0 radical (unpaired) electrons. The van der Waals surface area contributed by atoms with Crippen molar-refractivity contribution < 1.29 is 0 Å². The van der Waals surface area contributed by atoms with E-state index in [2.05, 4.69) is 22.4 Å². The predicted molar refractivity (Wildman–Crippen MR) is 48.7 cm³/mol. The lowest BCUT2D eigenvalue weighted by Crippen LogP contribution is -2.19. The number of hydrogen-bond donors (Lipinski definition) is 1. The van der Waals surface area contributed by atoms with Crippen molar-refractivity contribution in [3.8, 4) is 0 Å². The molecular weight excluding hydrogens is 136 g/mol. The van der Waals surface area contributed by atoms with E-state index in [0.717, 1.165) is 13.1 Å². The summed E-state index contributed by atoms with van der Waals surface area (Å²) in [6, 6.07) is 0. The normalized spacial score (nSPS) is 20.1. The van der Waals surface area contributed by atoms with E-state index >= 15 is 0 Å². The maximum Gasteiger partial charge on any atom is 0.0163 e. The smallest absolute Gasteiger partial charge is 0.0163 e. The third-order valence-corrected chi connectivity index (χ3v) is 2.05. The van der Waals surface area contributed by atoms with Crippen LogP contribution in [-0.4, -0.2) is 38.1 Å². The Balaban J connectivity index is 2.01. The van der Waals surface area contributed by atoms with Gasteiger partial charge in [0.05, 0.1) is 0 Å². The maximum absolute atomic E-state index is 3.09. The van der Waals surface area contributed by atoms with Gasteiger partial charge < -0.3 is 5.32 Å². The highest BCUT2D eigenvalue weighted by atomic mass is 15.1. The van der Waals surface area contributed by atoms with Gasteiger partial charge in [0.15, 0.2) is 0 Å². The Labute approximate surface area is 69.3 Å². The second-order valence-corrected chi connectivity index (χ2v) is 3.04. The van der Waals surface area contributed by atoms with E-state index in [1.54, 1.807) is 0 Å². The third-order valence-electron chi connectivity index (χ3n) is 2.05. The summed E-state index contributed by atoms with van der Waals surface area (Å²) >= 11 is 0. The van der Waals surface area contributed by atoms with Crippen molar-refractivity contribution in [2.75, 3.05) is 33.2 Å². The molecule has 1 N–H and O–H groups in total. The van der Waals surface area contributed by atoms with Crippen molar-refractivity contribution in [3.63, 3.8) is 0 Å². The van der Waals surface area contributed by atoms with E-state index in [0.29, 0.717) is 0 Å². The van der Waals surface area contributed by atoms with Crippen LogP contribution in [0.25, 0.3) is 0 Å². The zero-order valence-corrected chi connectivity index (χ0v) is 7.34. The fraction of sp³-hybridized carbons (Fsp3) is 0.778. The van der Waals surface area contributed by atoms with Crippen LogP contribution in [0.1, 0.15) is 12.8 Å². The quantitative estimate of drug-likeness (QED) is 0.604. The molecule has 2 nitrogen and oxygen atoms in total. The molecule has 0 aliphatic carbocycles. The third kappa shape index (κ3) is 3.54. The summed E-state index contributed by atoms with van der Waals surface area (Å²) in [4.78, 5) is 2.49. The average Bonchev–Trinajstić information content (AvgIpc) is 2.50. The SMILES string of the molecule is CNC/C=C\CN1CCCC1. The summed E-state index contributed by atoms with van der Waals surface area (Å²) < 4.78 is 0. The van der Waals surface area contributed by atoms with Crippen LogP contribution in [0.2, 0.25) is 0 Å². The number of nitrogens with one attached hydrogen (secondary N) is 1. The van der Waals surface area contributed by atoms with E-state index in [-0.39, 0.29) is 0 Å². The molecule has 1 saturated heterocycles. The van der Waals surface area contributed by atoms with Gasteiger partial charge in [0.2, 0.25) is 0 Å². The first-order valence-electron chi connectivity index (χ1n) is 4.45. The van der Waals surface area contributed by atoms with Gasteiger partial charge in [0, 0.05) is 13.1 Å². The number of nitrogens with zero attached hydrogens (tertiary/aromatic N) is 1. The highest BCUT2D eigenvalue weighted by Gasteiger charge is 2.08. The molecule has 1 aliphatic heterocycles. The van der Waals surface area contributed by atoms with Crippen LogP contribution in [0.4, 0.5) is 0 Å². The van der Waals surface area contributed by atoms with Gasteiger partial charge in [-0.15, -0.1) is 0 Å². The predicted octanol–water partition coefficient (Wildman–Crippen LogP) is 0.858. The van der Waals surface area contributed by atoms with Crippen molar-refractivity contribution in [2.45, 2.75) is 12.8 Å². The van der Waals surface area contributed by atoms with Crippen LogP contribution in [0, 0.1) is 0 Å². The first-order chi connectivity index (χ1) is 5.43. The average molecular weight is 154 g/mol. The Bertz CT molecular complexity index is 115. The second kappa shape index (κ2) is 5.33. The Morgan fingerprint density at radius 3 is 2.64 bits per heavy atom. The monoisotopic (exact) mass is 154 g/mol. The number of likely N-dealkylation sites (N-methyl/N-ethyl adjacent to an activating group) is 1. The molecule has 1 heterocycles. The van der Waals surface area contributed by atoms with Gasteiger partial charge >= 0.3 is 0 Å². The lowest BCUT2D eigenvalue weighted by atomic mass is 10.4. The van der Waals surface area contributed by atoms with Crippen molar-refractivity contribution >= 4 is 0 Å². The largest absolute Gasteiger partial charge is 0.316 e. The van der Waals surface area contributed by atoms with Crippen LogP contribution >= 0.6 is 0 Å². The van der Waals surface area contributed by atoms with Gasteiger partial charge in [-0.3, -0.25) is 4.90 Å². The van der Waals surface area contributed by atoms with Crippen molar-refractivity contribution in [2.24, 2.45) is 0 Å². The summed E-state index contributed by atoms with van der Waals surface area (Å²) in [6.07, 6.45) is 7.22. The van der Waals surface area contributed by atoms with Crippen molar-refractivity contribution in [1.82, 2.24) is 10.2 Å². The highest BCUT2D eigenvalue weighted by molar-refractivity contribution is 4.87. The second-order valence-electron chi connectivity index (χ2n) is 3.04. The molecule has 0 aromatic carbocycles. The first kappa shape index (κ1) is 8.75. The Hall–Kier alpha value is -0.340. The van der Waals surface area contributed by atoms with Gasteiger partial charge in [-0.1, -0.05) is 12.2 Å². The highest BCUT2D eigenvalue weighted by Crippen LogP contribution is 2.05. The van der Waals surface area contributed by atoms with Gasteiger partial charge in [0.1, 0.15) is 0 Å². The Kier molecular flexibility index (Phi) is 4.24. The fourth-order valence-electron chi connectivity index (χ4n) is 1.39. The summed E-state index contributed by atoms with van der Waals surface area (Å²) in [7, 11) is 1.97. The standard InChI is InChI=1S/C9H18N2/c1-10-6-2-3-7-11-8-4-5-9-11/h2-3,10H,4-9H2,1H3/b3-2-. The zero-order chi connectivity index (χ0) is 7.94. The number of hydrogen-bond acceptors (Lipinski definition) is 2. The minimum Gasteiger partial charge on any atom is -0.316 e. The molecule has 11 heavy (non-hydrogen) atoms. The lowest BCUT2D eigenvalue weighted by Gasteiger charge is -2.10. The molecule has 1 rings (SSSR count). The molecule has 0 amide bonds. The molecule has 64 valence electrons. The van der Waals surface area contributed by atoms with Crippen LogP contribution in [0.15, 0.2) is 12.2 Å². The fourth-order valence-corrected chi connectivity index (χ4v) is 1.39. The van der Waals surface area contributed by atoms with E-state index < -0.39 is 0 Å². The number of rotatable bonds is 4. The summed E-state index contributed by atoms with van der Waals surface area (Å²) in [6.45, 7) is 4.73. The van der Waals surface area contributed by atoms with Gasteiger partial charge in [0.25, 0.3) is 0 Å². The topological polar surface area (TPSA) is 15.3 Å². The molecule has 0 saturated carbocycles. The van der Waals surface area contributed by atoms with E-state index in [1.165, 1.54) is 25.9 Å². The van der Waals surface area contributed by atoms with E-state index in [9.17, 15) is 0 Å². The first-order valence-corrected chi connectivity index (χ1v) is 4.45. The summed E-state index contributed by atoms with van der Waals surface area (Å²) in [5.74, 6) is 0. The van der Waals surface area contributed by atoms with Crippen molar-refractivity contribution in [3.05, 3.63) is 12.2 Å². The molecule has 0 bridgehead atoms. The molecule has 0 atom stereocenters. The van der Waals surface area contributed by atoms with Crippen LogP contribution in [0.3, 0.4) is 0 Å². The Morgan fingerprint density at radius 2 is 2.00 bits per heavy atom. The minimum absolute atomic E-state index is 0.994. The molecule has 1 fully saturated rings. The Morgan fingerprint density at radius 1 is 1.27 bits per heavy atom. The minimum atomic E-state index is 0.994. The van der Waals surface area contributed by atoms with Gasteiger partial charge in [-0.05, 0) is 33.0 Å². The van der Waals surface area contributed by atoms with Crippen LogP contribution in [0.5, 0.6) is 0 Å². The molecular formula is C9H18N2. The number of likely N-dealkylation sites (tertiary alicyclic amines) is 1. The maximum atomic E-state index is 3.09. The molecule has 1 aliphatic rings. The molecule has 0 spiro atoms. The van der Waals surface area contributed by atoms with Gasteiger partial charge in [-0.25, -0.2) is 0 Å². The zero-order valence-electron chi connectivity index (χ0n) is 7.34. The summed E-state index contributed by atoms with van der Waals surface area (Å²) in [5, 5.41) is 3.09. The molecule has 0 unspecified atom stereocenters. The van der Waals surface area contributed by atoms with Crippen molar-refractivity contribution in [1.29, 1.82) is 0 Å². The summed E-state index contributed by atoms with van der Waals surface area (Å²) in [5.41, 5.74) is 0. The van der Waals surface area contributed by atoms with Crippen LogP contribution < -0.4 is 5.32 Å². The molecule has 2 heteroatoms. The van der Waals surface area contributed by atoms with E-state index in [4.69, 9.17) is 0 Å². The van der Waals surface area contributed by atoms with E-state index in [1.807, 2.05) is 7.05 Å². The van der Waals surface area contributed by atoms with Gasteiger partial charge in [-0.2, -0.15) is 0 Å². The lowest BCUT2D eigenvalue weighted by molar-refractivity contribution is 0.377.